The summed E-state index contributed by atoms with van der Waals surface area (Å²) in [7, 11) is 0. The first kappa shape index (κ1) is 16.9. The van der Waals surface area contributed by atoms with Crippen molar-refractivity contribution in [2.75, 3.05) is 18.4 Å². The zero-order valence-electron chi connectivity index (χ0n) is 12.4. The molecule has 0 spiro atoms. The smallest absolute Gasteiger partial charge is 0.241 e. The lowest BCUT2D eigenvalue weighted by atomic mass is 10.1. The highest BCUT2D eigenvalue weighted by Crippen LogP contribution is 2.26. The molecule has 2 rings (SSSR count). The van der Waals surface area contributed by atoms with E-state index in [9.17, 15) is 4.79 Å². The second kappa shape index (κ2) is 7.22. The van der Waals surface area contributed by atoms with Crippen molar-refractivity contribution in [3.63, 3.8) is 0 Å². The second-order valence-corrected chi connectivity index (χ2v) is 7.27. The number of halogens is 2. The predicted molar refractivity (Wildman–Crippen MR) is 91.5 cm³/mol. The molecule has 1 aliphatic heterocycles. The molecule has 6 heteroatoms. The number of nitrogens with one attached hydrogen (secondary N) is 1. The Bertz CT molecular complexity index is 514. The summed E-state index contributed by atoms with van der Waals surface area (Å²) >= 11 is 6.86. The van der Waals surface area contributed by atoms with E-state index in [1.165, 1.54) is 0 Å². The molecule has 3 unspecified atom stereocenters. The highest BCUT2D eigenvalue weighted by atomic mass is 79.9. The Morgan fingerprint density at radius 1 is 1.33 bits per heavy atom. The zero-order valence-corrected chi connectivity index (χ0v) is 15.6. The molecular formula is C15H20Br2N2O2. The van der Waals surface area contributed by atoms with Crippen molar-refractivity contribution < 1.29 is 9.53 Å². The molecule has 1 aliphatic rings. The van der Waals surface area contributed by atoms with Gasteiger partial charge in [-0.1, -0.05) is 15.9 Å². The third-order valence-electron chi connectivity index (χ3n) is 3.56. The summed E-state index contributed by atoms with van der Waals surface area (Å²) in [5.74, 6) is -0.000627. The lowest BCUT2D eigenvalue weighted by Crippen LogP contribution is -2.52. The van der Waals surface area contributed by atoms with Crippen LogP contribution >= 0.6 is 31.9 Å². The Morgan fingerprint density at radius 2 is 1.95 bits per heavy atom. The van der Waals surface area contributed by atoms with Crippen molar-refractivity contribution in [1.82, 2.24) is 4.90 Å². The van der Waals surface area contributed by atoms with Gasteiger partial charge in [0.1, 0.15) is 0 Å². The average Bonchev–Trinajstić information content (AvgIpc) is 2.40. The van der Waals surface area contributed by atoms with E-state index in [4.69, 9.17) is 4.74 Å². The molecule has 3 atom stereocenters. The fourth-order valence-electron chi connectivity index (χ4n) is 2.53. The normalized spacial score (nSPS) is 24.6. The van der Waals surface area contributed by atoms with Crippen LogP contribution in [0.2, 0.25) is 0 Å². The molecule has 1 fully saturated rings. The highest BCUT2D eigenvalue weighted by molar-refractivity contribution is 9.11. The number of anilines is 1. The monoisotopic (exact) mass is 418 g/mol. The molecule has 0 radical (unpaired) electrons. The summed E-state index contributed by atoms with van der Waals surface area (Å²) in [5.41, 5.74) is 0.782. The van der Waals surface area contributed by atoms with Crippen LogP contribution in [0.5, 0.6) is 0 Å². The van der Waals surface area contributed by atoms with Gasteiger partial charge in [-0.2, -0.15) is 0 Å². The molecule has 0 aromatic heterocycles. The van der Waals surface area contributed by atoms with Crippen LogP contribution in [0.15, 0.2) is 27.1 Å². The van der Waals surface area contributed by atoms with Crippen molar-refractivity contribution in [2.45, 2.75) is 39.0 Å². The van der Waals surface area contributed by atoms with Crippen molar-refractivity contribution in [3.8, 4) is 0 Å². The Kier molecular flexibility index (Phi) is 5.82. The van der Waals surface area contributed by atoms with Gasteiger partial charge in [0.2, 0.25) is 5.91 Å². The van der Waals surface area contributed by atoms with Gasteiger partial charge in [0.05, 0.1) is 23.9 Å². The standard InChI is InChI=1S/C15H20Br2N2O2/c1-9-7-19(8-10(2)21-9)11(3)15(20)18-14-5-4-12(16)6-13(14)17/h4-6,9-11H,7-8H2,1-3H3,(H,18,20). The molecular weight excluding hydrogens is 400 g/mol. The number of hydrogen-bond donors (Lipinski definition) is 1. The molecule has 1 heterocycles. The van der Waals surface area contributed by atoms with Crippen molar-refractivity contribution >= 4 is 43.5 Å². The molecule has 0 bridgehead atoms. The number of rotatable bonds is 3. The first-order chi connectivity index (χ1) is 9.86. The minimum absolute atomic E-state index is 0.000627. The van der Waals surface area contributed by atoms with E-state index in [0.29, 0.717) is 0 Å². The van der Waals surface area contributed by atoms with Crippen molar-refractivity contribution in [3.05, 3.63) is 27.1 Å². The third-order valence-corrected chi connectivity index (χ3v) is 4.71. The number of ether oxygens (including phenoxy) is 1. The van der Waals surface area contributed by atoms with Gasteiger partial charge >= 0.3 is 0 Å². The molecule has 0 aliphatic carbocycles. The van der Waals surface area contributed by atoms with E-state index in [0.717, 1.165) is 27.7 Å². The van der Waals surface area contributed by atoms with Crippen LogP contribution in [0.4, 0.5) is 5.69 Å². The van der Waals surface area contributed by atoms with Crippen molar-refractivity contribution in [1.29, 1.82) is 0 Å². The van der Waals surface area contributed by atoms with Gasteiger partial charge in [-0.3, -0.25) is 9.69 Å². The third kappa shape index (κ3) is 4.52. The minimum atomic E-state index is -0.186. The topological polar surface area (TPSA) is 41.6 Å². The summed E-state index contributed by atoms with van der Waals surface area (Å²) in [6.45, 7) is 7.57. The number of carbonyl (C=O) groups is 1. The van der Waals surface area contributed by atoms with Gasteiger partial charge < -0.3 is 10.1 Å². The maximum atomic E-state index is 12.4. The fourth-order valence-corrected chi connectivity index (χ4v) is 3.67. The fraction of sp³-hybridized carbons (Fsp3) is 0.533. The van der Waals surface area contributed by atoms with Gasteiger partial charge in [0, 0.05) is 22.0 Å². The molecule has 1 N–H and O–H groups in total. The molecule has 1 aromatic rings. The number of hydrogen-bond acceptors (Lipinski definition) is 3. The van der Waals surface area contributed by atoms with Gasteiger partial charge in [-0.25, -0.2) is 0 Å². The molecule has 1 aromatic carbocycles. The van der Waals surface area contributed by atoms with Crippen LogP contribution in [0.3, 0.4) is 0 Å². The first-order valence-corrected chi connectivity index (χ1v) is 8.61. The molecule has 4 nitrogen and oxygen atoms in total. The SMILES string of the molecule is CC1CN(C(C)C(=O)Nc2ccc(Br)cc2Br)CC(C)O1. The second-order valence-electron chi connectivity index (χ2n) is 5.50. The summed E-state index contributed by atoms with van der Waals surface area (Å²) < 4.78 is 7.54. The van der Waals surface area contributed by atoms with Crippen LogP contribution in [0.25, 0.3) is 0 Å². The van der Waals surface area contributed by atoms with Gasteiger partial charge in [-0.05, 0) is 54.9 Å². The quantitative estimate of drug-likeness (QED) is 0.812. The Labute approximate surface area is 142 Å². The predicted octanol–water partition coefficient (Wildman–Crippen LogP) is 3.65. The van der Waals surface area contributed by atoms with Crippen LogP contribution < -0.4 is 5.32 Å². The zero-order chi connectivity index (χ0) is 15.6. The number of benzene rings is 1. The summed E-state index contributed by atoms with van der Waals surface area (Å²) in [6, 6.07) is 5.52. The van der Waals surface area contributed by atoms with E-state index in [2.05, 4.69) is 42.1 Å². The van der Waals surface area contributed by atoms with Crippen molar-refractivity contribution in [2.24, 2.45) is 0 Å². The van der Waals surface area contributed by atoms with Gasteiger partial charge in [0.25, 0.3) is 0 Å². The maximum absolute atomic E-state index is 12.4. The molecule has 21 heavy (non-hydrogen) atoms. The molecule has 1 saturated heterocycles. The molecule has 116 valence electrons. The van der Waals surface area contributed by atoms with E-state index in [1.54, 1.807) is 0 Å². The maximum Gasteiger partial charge on any atom is 0.241 e. The summed E-state index contributed by atoms with van der Waals surface area (Å²) in [5, 5.41) is 2.98. The van der Waals surface area contributed by atoms with Gasteiger partial charge in [-0.15, -0.1) is 0 Å². The molecule has 1 amide bonds. The Balaban J connectivity index is 2.02. The number of nitrogens with zero attached hydrogens (tertiary/aromatic N) is 1. The van der Waals surface area contributed by atoms with Crippen LogP contribution in [0, 0.1) is 0 Å². The van der Waals surface area contributed by atoms with E-state index in [-0.39, 0.29) is 24.2 Å². The first-order valence-electron chi connectivity index (χ1n) is 7.02. The lowest BCUT2D eigenvalue weighted by molar-refractivity contribution is -0.126. The number of carbonyl (C=O) groups excluding carboxylic acids is 1. The molecule has 0 saturated carbocycles. The minimum Gasteiger partial charge on any atom is -0.373 e. The van der Waals surface area contributed by atoms with E-state index in [1.807, 2.05) is 39.0 Å². The van der Waals surface area contributed by atoms with E-state index < -0.39 is 0 Å². The Hall–Kier alpha value is -0.430. The van der Waals surface area contributed by atoms with Crippen LogP contribution in [-0.4, -0.2) is 42.1 Å². The Morgan fingerprint density at radius 3 is 2.52 bits per heavy atom. The largest absolute Gasteiger partial charge is 0.373 e. The summed E-state index contributed by atoms with van der Waals surface area (Å²) in [4.78, 5) is 14.6. The van der Waals surface area contributed by atoms with Crippen LogP contribution in [0.1, 0.15) is 20.8 Å². The number of morpholine rings is 1. The average molecular weight is 420 g/mol. The lowest BCUT2D eigenvalue weighted by Gasteiger charge is -2.38. The number of amides is 1. The van der Waals surface area contributed by atoms with E-state index >= 15 is 0 Å². The highest BCUT2D eigenvalue weighted by Gasteiger charge is 2.29. The van der Waals surface area contributed by atoms with Crippen LogP contribution in [-0.2, 0) is 9.53 Å². The summed E-state index contributed by atoms with van der Waals surface area (Å²) in [6.07, 6.45) is 0.312. The van der Waals surface area contributed by atoms with Gasteiger partial charge in [0.15, 0.2) is 0 Å².